The van der Waals surface area contributed by atoms with Crippen molar-refractivity contribution in [3.63, 3.8) is 0 Å². The summed E-state index contributed by atoms with van der Waals surface area (Å²) in [7, 11) is 0. The van der Waals surface area contributed by atoms with Crippen molar-refractivity contribution < 1.29 is 0 Å². The molecule has 0 radical (unpaired) electrons. The molecular formula is C22H18N2O2. The van der Waals surface area contributed by atoms with Crippen LogP contribution in [0.2, 0.25) is 0 Å². The molecular weight excluding hydrogens is 324 g/mol. The van der Waals surface area contributed by atoms with Gasteiger partial charge in [-0.25, -0.2) is 0 Å². The van der Waals surface area contributed by atoms with Gasteiger partial charge in [0.1, 0.15) is 0 Å². The molecule has 4 heteroatoms. The molecule has 0 aliphatic heterocycles. The summed E-state index contributed by atoms with van der Waals surface area (Å²) in [6.45, 7) is 4.08. The van der Waals surface area contributed by atoms with Crippen molar-refractivity contribution in [2.75, 3.05) is 0 Å². The van der Waals surface area contributed by atoms with Crippen LogP contribution in [0.5, 0.6) is 0 Å². The number of aromatic amines is 2. The van der Waals surface area contributed by atoms with Crippen LogP contribution in [0.15, 0.2) is 46.0 Å². The lowest BCUT2D eigenvalue weighted by Gasteiger charge is -2.16. The first-order valence-corrected chi connectivity index (χ1v) is 8.85. The lowest BCUT2D eigenvalue weighted by atomic mass is 9.92. The molecule has 0 fully saturated rings. The highest BCUT2D eigenvalue weighted by Gasteiger charge is 2.17. The van der Waals surface area contributed by atoms with E-state index in [1.54, 1.807) is 6.07 Å². The normalized spacial score (nSPS) is 16.5. The lowest BCUT2D eigenvalue weighted by Crippen LogP contribution is -2.18. The Balaban J connectivity index is 1.93. The Bertz CT molecular complexity index is 1370. The van der Waals surface area contributed by atoms with E-state index in [4.69, 9.17) is 0 Å². The van der Waals surface area contributed by atoms with E-state index in [2.05, 4.69) is 23.0 Å². The molecule has 4 aromatic rings. The van der Waals surface area contributed by atoms with Crippen LogP contribution in [-0.2, 0) is 6.42 Å². The summed E-state index contributed by atoms with van der Waals surface area (Å²) >= 11 is 0. The van der Waals surface area contributed by atoms with Gasteiger partial charge in [0.15, 0.2) is 10.9 Å². The Kier molecular flexibility index (Phi) is 3.02. The molecule has 0 saturated carbocycles. The molecule has 1 aliphatic carbocycles. The van der Waals surface area contributed by atoms with Gasteiger partial charge in [0.05, 0.1) is 11.0 Å². The zero-order chi connectivity index (χ0) is 18.0. The van der Waals surface area contributed by atoms with E-state index in [-0.39, 0.29) is 10.9 Å². The average Bonchev–Trinajstić information content (AvgIpc) is 2.63. The van der Waals surface area contributed by atoms with Crippen LogP contribution >= 0.6 is 0 Å². The number of hydrogen-bond donors (Lipinski definition) is 2. The van der Waals surface area contributed by atoms with Crippen molar-refractivity contribution in [2.45, 2.75) is 20.3 Å². The summed E-state index contributed by atoms with van der Waals surface area (Å²) in [5, 5.41) is 1.89. The minimum absolute atomic E-state index is 0.0120. The minimum atomic E-state index is -0.0120. The predicted octanol–water partition coefficient (Wildman–Crippen LogP) is 4.04. The average molecular weight is 342 g/mol. The molecule has 1 atom stereocenters. The largest absolute Gasteiger partial charge is 0.355 e. The van der Waals surface area contributed by atoms with Gasteiger partial charge in [-0.05, 0) is 49.6 Å². The number of hydrogen-bond acceptors (Lipinski definition) is 2. The Morgan fingerprint density at radius 1 is 0.885 bits per heavy atom. The summed E-state index contributed by atoms with van der Waals surface area (Å²) < 4.78 is 0. The van der Waals surface area contributed by atoms with E-state index in [9.17, 15) is 9.59 Å². The molecule has 26 heavy (non-hydrogen) atoms. The molecule has 4 nitrogen and oxygen atoms in total. The van der Waals surface area contributed by atoms with Gasteiger partial charge in [0, 0.05) is 32.9 Å². The first-order valence-electron chi connectivity index (χ1n) is 8.85. The van der Waals surface area contributed by atoms with Crippen molar-refractivity contribution in [3.05, 3.63) is 73.7 Å². The minimum Gasteiger partial charge on any atom is -0.355 e. The maximum Gasteiger partial charge on any atom is 0.197 e. The zero-order valence-corrected chi connectivity index (χ0v) is 14.6. The summed E-state index contributed by atoms with van der Waals surface area (Å²) in [5.41, 5.74) is 4.96. The van der Waals surface area contributed by atoms with Gasteiger partial charge >= 0.3 is 0 Å². The van der Waals surface area contributed by atoms with Crippen molar-refractivity contribution in [2.24, 2.45) is 5.92 Å². The first kappa shape index (κ1) is 15.1. The Morgan fingerprint density at radius 3 is 2.38 bits per heavy atom. The SMILES string of the molecule is Cc1ccc2[nH]c3cc4c(=O)c5c([nH]c4cc3c(=O)c2c1)C=CC(C)C5. The van der Waals surface area contributed by atoms with E-state index >= 15 is 0 Å². The van der Waals surface area contributed by atoms with Gasteiger partial charge in [-0.1, -0.05) is 24.6 Å². The van der Waals surface area contributed by atoms with Crippen molar-refractivity contribution >= 4 is 38.8 Å². The van der Waals surface area contributed by atoms with Gasteiger partial charge in [-0.3, -0.25) is 9.59 Å². The van der Waals surface area contributed by atoms with Gasteiger partial charge in [-0.15, -0.1) is 0 Å². The second kappa shape index (κ2) is 5.18. The predicted molar refractivity (Wildman–Crippen MR) is 107 cm³/mol. The Morgan fingerprint density at radius 2 is 1.58 bits per heavy atom. The monoisotopic (exact) mass is 342 g/mol. The van der Waals surface area contributed by atoms with Crippen molar-refractivity contribution in [1.82, 2.24) is 9.97 Å². The number of benzene rings is 2. The summed E-state index contributed by atoms with van der Waals surface area (Å²) in [5.74, 6) is 0.355. The molecule has 128 valence electrons. The van der Waals surface area contributed by atoms with Gasteiger partial charge in [0.2, 0.25) is 0 Å². The highest BCUT2D eigenvalue weighted by molar-refractivity contribution is 6.00. The van der Waals surface area contributed by atoms with Crippen LogP contribution in [0.3, 0.4) is 0 Å². The van der Waals surface area contributed by atoms with Crippen molar-refractivity contribution in [3.8, 4) is 0 Å². The fourth-order valence-corrected chi connectivity index (χ4v) is 3.93. The van der Waals surface area contributed by atoms with Crippen molar-refractivity contribution in [1.29, 1.82) is 0 Å². The number of aromatic nitrogens is 2. The summed E-state index contributed by atoms with van der Waals surface area (Å²) in [4.78, 5) is 32.7. The third-order valence-corrected chi connectivity index (χ3v) is 5.32. The topological polar surface area (TPSA) is 65.7 Å². The van der Waals surface area contributed by atoms with Crippen LogP contribution in [0, 0.1) is 12.8 Å². The van der Waals surface area contributed by atoms with Gasteiger partial charge < -0.3 is 9.97 Å². The maximum absolute atomic E-state index is 13.0. The number of fused-ring (bicyclic) bond motifs is 4. The molecule has 1 aliphatic rings. The summed E-state index contributed by atoms with van der Waals surface area (Å²) in [6, 6.07) is 9.41. The molecule has 2 aromatic heterocycles. The number of nitrogens with one attached hydrogen (secondary N) is 2. The quantitative estimate of drug-likeness (QED) is 0.474. The first-order chi connectivity index (χ1) is 12.5. The van der Waals surface area contributed by atoms with E-state index < -0.39 is 0 Å². The van der Waals surface area contributed by atoms with E-state index in [0.717, 1.165) is 28.8 Å². The lowest BCUT2D eigenvalue weighted by molar-refractivity contribution is 0.710. The van der Waals surface area contributed by atoms with E-state index in [1.807, 2.05) is 37.3 Å². The zero-order valence-electron chi connectivity index (χ0n) is 14.6. The maximum atomic E-state index is 13.0. The smallest absolute Gasteiger partial charge is 0.197 e. The third-order valence-electron chi connectivity index (χ3n) is 5.32. The molecule has 5 rings (SSSR count). The second-order valence-electron chi connectivity index (χ2n) is 7.33. The Hall–Kier alpha value is -3.14. The van der Waals surface area contributed by atoms with E-state index in [0.29, 0.717) is 33.1 Å². The molecule has 0 saturated heterocycles. The molecule has 0 spiro atoms. The standard InChI is InChI=1S/C22H18N2O2/c1-11-3-5-17-13(7-11)21(25)15-9-20-16(10-19(15)23-17)22(26)14-8-12(2)4-6-18(14)24-20/h3-7,9-10,12H,8H2,1-2H3,(H,23,25)(H,24,26). The van der Waals surface area contributed by atoms with Crippen LogP contribution in [0.1, 0.15) is 23.7 Å². The van der Waals surface area contributed by atoms with Gasteiger partial charge in [-0.2, -0.15) is 0 Å². The number of pyridine rings is 2. The van der Waals surface area contributed by atoms with Crippen LogP contribution in [0.25, 0.3) is 38.8 Å². The highest BCUT2D eigenvalue weighted by atomic mass is 16.1. The summed E-state index contributed by atoms with van der Waals surface area (Å²) in [6.07, 6.45) is 4.82. The number of rotatable bonds is 0. The van der Waals surface area contributed by atoms with Crippen LogP contribution < -0.4 is 10.9 Å². The van der Waals surface area contributed by atoms with Crippen LogP contribution in [0.4, 0.5) is 0 Å². The second-order valence-corrected chi connectivity index (χ2v) is 7.33. The van der Waals surface area contributed by atoms with Gasteiger partial charge in [0.25, 0.3) is 0 Å². The molecule has 2 N–H and O–H groups in total. The molecule has 1 unspecified atom stereocenters. The number of allylic oxidation sites excluding steroid dienone is 1. The fourth-order valence-electron chi connectivity index (χ4n) is 3.93. The third kappa shape index (κ3) is 2.08. The Labute approximate surface area is 149 Å². The van der Waals surface area contributed by atoms with Crippen LogP contribution in [-0.4, -0.2) is 9.97 Å². The molecule has 2 heterocycles. The number of aryl methyl sites for hydroxylation is 1. The fraction of sp³-hybridized carbons (Fsp3) is 0.182. The van der Waals surface area contributed by atoms with E-state index in [1.165, 1.54) is 0 Å². The molecule has 2 aromatic carbocycles. The highest BCUT2D eigenvalue weighted by Crippen LogP contribution is 2.24. The number of H-pyrrole nitrogens is 2. The molecule has 0 bridgehead atoms. The molecule has 0 amide bonds.